The lowest BCUT2D eigenvalue weighted by Crippen LogP contribution is -2.13. The van der Waals surface area contributed by atoms with Gasteiger partial charge in [0.15, 0.2) is 11.5 Å². The number of hydrogen-bond donors (Lipinski definition) is 0. The maximum atomic E-state index is 5.79. The molecule has 0 N–H and O–H groups in total. The molecule has 0 radical (unpaired) electrons. The van der Waals surface area contributed by atoms with Gasteiger partial charge in [0.1, 0.15) is 13.2 Å². The zero-order valence-corrected chi connectivity index (χ0v) is 12.9. The summed E-state index contributed by atoms with van der Waals surface area (Å²) >= 11 is 1.69. The zero-order chi connectivity index (χ0) is 14.2. The molecule has 0 bridgehead atoms. The molecule has 1 aliphatic heterocycles. The molecular weight excluding hydrogens is 280 g/mol. The molecule has 0 aromatic carbocycles. The summed E-state index contributed by atoms with van der Waals surface area (Å²) in [6, 6.07) is 0. The highest BCUT2D eigenvalue weighted by Crippen LogP contribution is 2.41. The summed E-state index contributed by atoms with van der Waals surface area (Å²) in [6.45, 7) is 8.54. The van der Waals surface area contributed by atoms with Crippen LogP contribution < -0.4 is 9.47 Å². The van der Waals surface area contributed by atoms with Crippen LogP contribution in [0, 0.1) is 13.8 Å². The van der Waals surface area contributed by atoms with Gasteiger partial charge in [-0.2, -0.15) is 0 Å². The second-order valence-corrected chi connectivity index (χ2v) is 5.84. The van der Waals surface area contributed by atoms with E-state index in [-0.39, 0.29) is 0 Å². The van der Waals surface area contributed by atoms with Crippen LogP contribution in [0.5, 0.6) is 11.5 Å². The highest BCUT2D eigenvalue weighted by molar-refractivity contribution is 7.12. The molecule has 2 heterocycles. The Kier molecular flexibility index (Phi) is 6.59. The summed E-state index contributed by atoms with van der Waals surface area (Å²) in [5, 5.41) is 0. The van der Waals surface area contributed by atoms with Gasteiger partial charge in [0.05, 0.1) is 39.6 Å². The molecule has 0 aliphatic carbocycles. The van der Waals surface area contributed by atoms with Crippen LogP contribution in [0.4, 0.5) is 0 Å². The second-order valence-electron chi connectivity index (χ2n) is 4.41. The van der Waals surface area contributed by atoms with E-state index in [0.717, 1.165) is 21.3 Å². The largest absolute Gasteiger partial charge is 0.486 e. The minimum atomic E-state index is 0.518. The van der Waals surface area contributed by atoms with Gasteiger partial charge in [0.25, 0.3) is 0 Å². The third-order valence-corrected chi connectivity index (χ3v) is 3.83. The van der Waals surface area contributed by atoms with E-state index < -0.39 is 0 Å². The van der Waals surface area contributed by atoms with Crippen molar-refractivity contribution in [2.24, 2.45) is 0 Å². The van der Waals surface area contributed by atoms with Crippen LogP contribution in [0.3, 0.4) is 0 Å². The first kappa shape index (κ1) is 15.6. The Labute approximate surface area is 123 Å². The van der Waals surface area contributed by atoms with Crippen molar-refractivity contribution >= 4 is 11.3 Å². The minimum Gasteiger partial charge on any atom is -0.486 e. The van der Waals surface area contributed by atoms with E-state index >= 15 is 0 Å². The predicted molar refractivity (Wildman–Crippen MR) is 77.2 cm³/mol. The van der Waals surface area contributed by atoms with E-state index in [9.17, 15) is 0 Å². The Hall–Kier alpha value is -0.820. The molecule has 20 heavy (non-hydrogen) atoms. The molecule has 1 aromatic heterocycles. The van der Waals surface area contributed by atoms with Crippen LogP contribution in [-0.2, 0) is 14.2 Å². The standard InChI is InChI=1S/C14H22O5S/c1-11-13-14(12(2)20-11)19-10-8-17-6-4-15-3-5-16-7-9-18-13/h3-10H2,1-2H3. The fourth-order valence-electron chi connectivity index (χ4n) is 1.92. The van der Waals surface area contributed by atoms with Crippen molar-refractivity contribution in [3.05, 3.63) is 9.75 Å². The molecule has 114 valence electrons. The highest BCUT2D eigenvalue weighted by Gasteiger charge is 2.16. The normalized spacial score (nSPS) is 19.1. The topological polar surface area (TPSA) is 46.2 Å². The van der Waals surface area contributed by atoms with Crippen molar-refractivity contribution in [3.8, 4) is 11.5 Å². The van der Waals surface area contributed by atoms with Gasteiger partial charge in [0.2, 0.25) is 0 Å². The predicted octanol–water partition coefficient (Wildman–Crippen LogP) is 2.19. The molecule has 1 aliphatic rings. The average Bonchev–Trinajstić information content (AvgIpc) is 2.69. The quantitative estimate of drug-likeness (QED) is 0.735. The second kappa shape index (κ2) is 8.46. The average molecular weight is 302 g/mol. The minimum absolute atomic E-state index is 0.518. The van der Waals surface area contributed by atoms with E-state index in [0.29, 0.717) is 52.9 Å². The molecule has 5 nitrogen and oxygen atoms in total. The zero-order valence-electron chi connectivity index (χ0n) is 12.1. The van der Waals surface area contributed by atoms with E-state index in [4.69, 9.17) is 23.7 Å². The fraction of sp³-hybridized carbons (Fsp3) is 0.714. The molecule has 0 fully saturated rings. The lowest BCUT2D eigenvalue weighted by Gasteiger charge is -2.11. The van der Waals surface area contributed by atoms with Crippen LogP contribution in [0.25, 0.3) is 0 Å². The molecule has 2 rings (SSSR count). The molecular formula is C14H22O5S. The van der Waals surface area contributed by atoms with Gasteiger partial charge < -0.3 is 23.7 Å². The summed E-state index contributed by atoms with van der Waals surface area (Å²) in [5.74, 6) is 1.67. The van der Waals surface area contributed by atoms with Crippen molar-refractivity contribution in [2.75, 3.05) is 52.9 Å². The number of fused-ring (bicyclic) bond motifs is 1. The molecule has 0 atom stereocenters. The van der Waals surface area contributed by atoms with Crippen molar-refractivity contribution in [1.29, 1.82) is 0 Å². The molecule has 0 saturated heterocycles. The molecule has 0 saturated carbocycles. The van der Waals surface area contributed by atoms with E-state index in [1.54, 1.807) is 11.3 Å². The number of hydrogen-bond acceptors (Lipinski definition) is 6. The molecule has 0 spiro atoms. The van der Waals surface area contributed by atoms with Gasteiger partial charge in [-0.05, 0) is 13.8 Å². The lowest BCUT2D eigenvalue weighted by atomic mass is 10.4. The van der Waals surface area contributed by atoms with Crippen molar-refractivity contribution < 1.29 is 23.7 Å². The smallest absolute Gasteiger partial charge is 0.175 e. The number of thiophene rings is 1. The summed E-state index contributed by atoms with van der Waals surface area (Å²) in [6.07, 6.45) is 0. The number of ether oxygens (including phenoxy) is 5. The summed E-state index contributed by atoms with van der Waals surface area (Å²) in [4.78, 5) is 2.26. The van der Waals surface area contributed by atoms with Gasteiger partial charge in [0, 0.05) is 9.75 Å². The summed E-state index contributed by atoms with van der Waals surface area (Å²) in [7, 11) is 0. The fourth-order valence-corrected chi connectivity index (χ4v) is 2.87. The monoisotopic (exact) mass is 302 g/mol. The van der Waals surface area contributed by atoms with E-state index in [2.05, 4.69) is 0 Å². The Morgan fingerprint density at radius 1 is 0.600 bits per heavy atom. The van der Waals surface area contributed by atoms with Crippen LogP contribution in [0.15, 0.2) is 0 Å². The Balaban J connectivity index is 1.96. The van der Waals surface area contributed by atoms with Crippen molar-refractivity contribution in [1.82, 2.24) is 0 Å². The summed E-state index contributed by atoms with van der Waals surface area (Å²) < 4.78 is 27.8. The molecule has 1 aromatic rings. The first-order chi connectivity index (χ1) is 9.79. The van der Waals surface area contributed by atoms with Gasteiger partial charge in [-0.25, -0.2) is 0 Å². The Bertz CT molecular complexity index is 370. The van der Waals surface area contributed by atoms with E-state index in [1.807, 2.05) is 13.8 Å². The highest BCUT2D eigenvalue weighted by atomic mass is 32.1. The maximum Gasteiger partial charge on any atom is 0.175 e. The maximum absolute atomic E-state index is 5.79. The van der Waals surface area contributed by atoms with Crippen LogP contribution in [-0.4, -0.2) is 52.9 Å². The first-order valence-electron chi connectivity index (χ1n) is 6.88. The third kappa shape index (κ3) is 4.63. The molecule has 0 amide bonds. The van der Waals surface area contributed by atoms with Gasteiger partial charge in [-0.15, -0.1) is 11.3 Å². The molecule has 6 heteroatoms. The van der Waals surface area contributed by atoms with Crippen LogP contribution in [0.1, 0.15) is 9.75 Å². The van der Waals surface area contributed by atoms with Gasteiger partial charge in [-0.3, -0.25) is 0 Å². The SMILES string of the molecule is Cc1sc(C)c2c1OCCOCCOCCOCCO2. The lowest BCUT2D eigenvalue weighted by molar-refractivity contribution is 0.00705. The Morgan fingerprint density at radius 2 is 0.950 bits per heavy atom. The van der Waals surface area contributed by atoms with Gasteiger partial charge >= 0.3 is 0 Å². The molecule has 0 unspecified atom stereocenters. The summed E-state index contributed by atoms with van der Waals surface area (Å²) in [5.41, 5.74) is 0. The third-order valence-electron chi connectivity index (χ3n) is 2.84. The Morgan fingerprint density at radius 3 is 1.35 bits per heavy atom. The van der Waals surface area contributed by atoms with Crippen LogP contribution >= 0.6 is 11.3 Å². The number of aryl methyl sites for hydroxylation is 2. The number of rotatable bonds is 0. The van der Waals surface area contributed by atoms with Crippen molar-refractivity contribution in [2.45, 2.75) is 13.8 Å². The first-order valence-corrected chi connectivity index (χ1v) is 7.69. The van der Waals surface area contributed by atoms with E-state index in [1.165, 1.54) is 0 Å². The van der Waals surface area contributed by atoms with Crippen LogP contribution in [0.2, 0.25) is 0 Å². The van der Waals surface area contributed by atoms with Crippen molar-refractivity contribution in [3.63, 3.8) is 0 Å². The van der Waals surface area contributed by atoms with Gasteiger partial charge in [-0.1, -0.05) is 0 Å².